The molecular weight excluding hydrogens is 322 g/mol. The number of fused-ring (bicyclic) bond motifs is 1. The molecule has 0 saturated heterocycles. The molecule has 0 amide bonds. The molecule has 0 spiro atoms. The molecule has 128 valence electrons. The fraction of sp³-hybridized carbons (Fsp3) is 0.368. The van der Waals surface area contributed by atoms with Crippen LogP contribution in [0.5, 0.6) is 5.75 Å². The minimum Gasteiger partial charge on any atom is -0.495 e. The van der Waals surface area contributed by atoms with Crippen LogP contribution in [0.15, 0.2) is 47.4 Å². The van der Waals surface area contributed by atoms with Crippen molar-refractivity contribution in [3.63, 3.8) is 0 Å². The van der Waals surface area contributed by atoms with E-state index in [4.69, 9.17) is 4.74 Å². The van der Waals surface area contributed by atoms with Crippen molar-refractivity contribution in [2.24, 2.45) is 0 Å². The maximum atomic E-state index is 13.0. The summed E-state index contributed by atoms with van der Waals surface area (Å²) >= 11 is 0. The third kappa shape index (κ3) is 3.32. The van der Waals surface area contributed by atoms with Gasteiger partial charge in [-0.05, 0) is 54.5 Å². The lowest BCUT2D eigenvalue weighted by atomic mass is 9.92. The molecule has 3 rings (SSSR count). The van der Waals surface area contributed by atoms with E-state index in [1.807, 2.05) is 42.5 Å². The van der Waals surface area contributed by atoms with E-state index in [0.717, 1.165) is 36.8 Å². The molecule has 0 saturated carbocycles. The summed E-state index contributed by atoms with van der Waals surface area (Å²) in [7, 11) is -0.464. The number of nitrogens with zero attached hydrogens (tertiary/aromatic N) is 1. The molecule has 0 atom stereocenters. The van der Waals surface area contributed by atoms with Gasteiger partial charge >= 0.3 is 0 Å². The quantitative estimate of drug-likeness (QED) is 0.834. The molecule has 0 aromatic heterocycles. The van der Waals surface area contributed by atoms with Crippen LogP contribution in [0.2, 0.25) is 0 Å². The van der Waals surface area contributed by atoms with Crippen LogP contribution in [0.1, 0.15) is 29.5 Å². The van der Waals surface area contributed by atoms with Crippen LogP contribution in [0.3, 0.4) is 0 Å². The van der Waals surface area contributed by atoms with Gasteiger partial charge in [-0.2, -0.15) is 4.31 Å². The zero-order valence-electron chi connectivity index (χ0n) is 14.2. The monoisotopic (exact) mass is 345 g/mol. The molecule has 2 aromatic carbocycles. The number of rotatable bonds is 5. The Bertz CT molecular complexity index is 816. The van der Waals surface area contributed by atoms with E-state index in [-0.39, 0.29) is 4.90 Å². The number of ether oxygens (including phenoxy) is 1. The summed E-state index contributed by atoms with van der Waals surface area (Å²) in [6.45, 7) is 0.337. The number of sulfonamides is 1. The SMILES string of the molecule is COc1cc2c(cc1S(=O)(=O)N(C)Cc1ccccc1)CCCC2. The fourth-order valence-corrected chi connectivity index (χ4v) is 4.54. The first-order valence-electron chi connectivity index (χ1n) is 8.22. The molecular formula is C19H23NO3S. The third-order valence-electron chi connectivity index (χ3n) is 4.56. The van der Waals surface area contributed by atoms with Crippen molar-refractivity contribution in [1.29, 1.82) is 0 Å². The highest BCUT2D eigenvalue weighted by Gasteiger charge is 2.27. The summed E-state index contributed by atoms with van der Waals surface area (Å²) in [5.74, 6) is 0.440. The first-order chi connectivity index (χ1) is 11.5. The summed E-state index contributed by atoms with van der Waals surface area (Å²) in [6, 6.07) is 13.3. The van der Waals surface area contributed by atoms with Gasteiger partial charge in [0.2, 0.25) is 10.0 Å². The molecule has 0 aliphatic heterocycles. The Kier molecular flexibility index (Phi) is 4.92. The van der Waals surface area contributed by atoms with Gasteiger partial charge in [-0.25, -0.2) is 8.42 Å². The Balaban J connectivity index is 1.96. The van der Waals surface area contributed by atoms with Gasteiger partial charge in [-0.1, -0.05) is 30.3 Å². The number of methoxy groups -OCH3 is 1. The Morgan fingerprint density at radius 1 is 1.04 bits per heavy atom. The van der Waals surface area contributed by atoms with Gasteiger partial charge in [0, 0.05) is 13.6 Å². The van der Waals surface area contributed by atoms with Gasteiger partial charge in [0.05, 0.1) is 7.11 Å². The smallest absolute Gasteiger partial charge is 0.246 e. The zero-order chi connectivity index (χ0) is 17.2. The Labute approximate surface area is 144 Å². The number of hydrogen-bond donors (Lipinski definition) is 0. The first-order valence-corrected chi connectivity index (χ1v) is 9.66. The molecule has 2 aromatic rings. The van der Waals surface area contributed by atoms with Gasteiger partial charge in [0.1, 0.15) is 10.6 Å². The molecule has 5 heteroatoms. The van der Waals surface area contributed by atoms with Crippen LogP contribution in [-0.2, 0) is 29.4 Å². The zero-order valence-corrected chi connectivity index (χ0v) is 15.0. The minimum atomic E-state index is -3.61. The Morgan fingerprint density at radius 3 is 2.29 bits per heavy atom. The van der Waals surface area contributed by atoms with Crippen molar-refractivity contribution in [3.8, 4) is 5.75 Å². The molecule has 1 aliphatic rings. The van der Waals surface area contributed by atoms with Crippen molar-refractivity contribution in [1.82, 2.24) is 4.31 Å². The van der Waals surface area contributed by atoms with E-state index in [9.17, 15) is 8.42 Å². The molecule has 0 fully saturated rings. The molecule has 0 radical (unpaired) electrons. The maximum absolute atomic E-state index is 13.0. The van der Waals surface area contributed by atoms with E-state index in [1.165, 1.54) is 17.0 Å². The Hall–Kier alpha value is -1.85. The van der Waals surface area contributed by atoms with E-state index in [2.05, 4.69) is 0 Å². The summed E-state index contributed by atoms with van der Waals surface area (Å²) < 4.78 is 32.9. The van der Waals surface area contributed by atoms with Crippen LogP contribution in [0, 0.1) is 0 Å². The van der Waals surface area contributed by atoms with Gasteiger partial charge in [0.25, 0.3) is 0 Å². The molecule has 0 unspecified atom stereocenters. The lowest BCUT2D eigenvalue weighted by Gasteiger charge is -2.22. The second-order valence-corrected chi connectivity index (χ2v) is 8.24. The standard InChI is InChI=1S/C19H23NO3S/c1-20(14-15-8-4-3-5-9-15)24(21,22)19-13-17-11-7-6-10-16(17)12-18(19)23-2/h3-5,8-9,12-13H,6-7,10-11,14H2,1-2H3. The molecule has 0 bridgehead atoms. The highest BCUT2D eigenvalue weighted by atomic mass is 32.2. The molecule has 4 nitrogen and oxygen atoms in total. The summed E-state index contributed by atoms with van der Waals surface area (Å²) in [5, 5.41) is 0. The molecule has 1 aliphatic carbocycles. The van der Waals surface area contributed by atoms with Crippen molar-refractivity contribution in [2.45, 2.75) is 37.1 Å². The highest BCUT2D eigenvalue weighted by molar-refractivity contribution is 7.89. The predicted molar refractivity (Wildman–Crippen MR) is 94.7 cm³/mol. The van der Waals surface area contributed by atoms with Gasteiger partial charge in [-0.3, -0.25) is 0 Å². The van der Waals surface area contributed by atoms with Gasteiger partial charge < -0.3 is 4.74 Å². The molecule has 0 heterocycles. The van der Waals surface area contributed by atoms with Crippen LogP contribution in [0.25, 0.3) is 0 Å². The number of hydrogen-bond acceptors (Lipinski definition) is 3. The van der Waals surface area contributed by atoms with Crippen LogP contribution >= 0.6 is 0 Å². The number of aryl methyl sites for hydroxylation is 2. The predicted octanol–water partition coefficient (Wildman–Crippen LogP) is 3.39. The van der Waals surface area contributed by atoms with E-state index in [0.29, 0.717) is 12.3 Å². The van der Waals surface area contributed by atoms with Crippen molar-refractivity contribution in [3.05, 3.63) is 59.2 Å². The summed E-state index contributed by atoms with van der Waals surface area (Å²) in [4.78, 5) is 0.268. The number of benzene rings is 2. The first kappa shape index (κ1) is 17.0. The fourth-order valence-electron chi connectivity index (χ4n) is 3.19. The highest BCUT2D eigenvalue weighted by Crippen LogP contribution is 2.33. The van der Waals surface area contributed by atoms with E-state index >= 15 is 0 Å². The minimum absolute atomic E-state index is 0.268. The van der Waals surface area contributed by atoms with Crippen LogP contribution in [-0.4, -0.2) is 26.9 Å². The summed E-state index contributed by atoms with van der Waals surface area (Å²) in [6.07, 6.45) is 4.19. The second-order valence-electron chi connectivity index (χ2n) is 6.23. The van der Waals surface area contributed by atoms with Crippen LogP contribution < -0.4 is 4.74 Å². The average Bonchev–Trinajstić information content (AvgIpc) is 2.61. The van der Waals surface area contributed by atoms with E-state index < -0.39 is 10.0 Å². The van der Waals surface area contributed by atoms with Gasteiger partial charge in [0.15, 0.2) is 0 Å². The lowest BCUT2D eigenvalue weighted by Crippen LogP contribution is -2.27. The lowest BCUT2D eigenvalue weighted by molar-refractivity contribution is 0.396. The van der Waals surface area contributed by atoms with Crippen LogP contribution in [0.4, 0.5) is 0 Å². The average molecular weight is 345 g/mol. The maximum Gasteiger partial charge on any atom is 0.246 e. The topological polar surface area (TPSA) is 46.6 Å². The largest absolute Gasteiger partial charge is 0.495 e. The third-order valence-corrected chi connectivity index (χ3v) is 6.39. The Morgan fingerprint density at radius 2 is 1.67 bits per heavy atom. The normalized spacial score (nSPS) is 14.5. The van der Waals surface area contributed by atoms with E-state index in [1.54, 1.807) is 7.05 Å². The second kappa shape index (κ2) is 6.95. The van der Waals surface area contributed by atoms with Crippen molar-refractivity contribution in [2.75, 3.05) is 14.2 Å². The summed E-state index contributed by atoms with van der Waals surface area (Å²) in [5.41, 5.74) is 3.30. The molecule has 24 heavy (non-hydrogen) atoms. The molecule has 0 N–H and O–H groups in total. The van der Waals surface area contributed by atoms with Gasteiger partial charge in [-0.15, -0.1) is 0 Å². The van der Waals surface area contributed by atoms with Crippen molar-refractivity contribution < 1.29 is 13.2 Å². The van der Waals surface area contributed by atoms with Crippen molar-refractivity contribution >= 4 is 10.0 Å².